The van der Waals surface area contributed by atoms with Gasteiger partial charge >= 0.3 is 5.97 Å². The number of sulfonamides is 1. The SMILES string of the molecule is COC(=O)c1ccc(C(=O)NS(=O)(=O)c2ccc(CCNC(=O)Cc3ccccc3)cc2)cn1. The molecule has 0 radical (unpaired) electrons. The molecule has 0 aliphatic rings. The summed E-state index contributed by atoms with van der Waals surface area (Å²) in [6, 6.07) is 17.9. The highest BCUT2D eigenvalue weighted by Crippen LogP contribution is 2.12. The van der Waals surface area contributed by atoms with Crippen molar-refractivity contribution in [2.45, 2.75) is 17.7 Å². The summed E-state index contributed by atoms with van der Waals surface area (Å²) in [4.78, 5) is 39.4. The molecule has 0 fully saturated rings. The first-order chi connectivity index (χ1) is 16.3. The first-order valence-electron chi connectivity index (χ1n) is 10.3. The molecular formula is C24H23N3O6S. The van der Waals surface area contributed by atoms with E-state index in [2.05, 4.69) is 15.0 Å². The minimum absolute atomic E-state index is 0.00579. The molecule has 1 heterocycles. The molecule has 0 unspecified atom stereocenters. The van der Waals surface area contributed by atoms with Gasteiger partial charge in [-0.05, 0) is 41.8 Å². The summed E-state index contributed by atoms with van der Waals surface area (Å²) < 4.78 is 31.6. The van der Waals surface area contributed by atoms with Gasteiger partial charge in [0.2, 0.25) is 5.91 Å². The van der Waals surface area contributed by atoms with Crippen LogP contribution in [0.4, 0.5) is 0 Å². The summed E-state index contributed by atoms with van der Waals surface area (Å²) >= 11 is 0. The highest BCUT2D eigenvalue weighted by atomic mass is 32.2. The third-order valence-corrected chi connectivity index (χ3v) is 6.17. The third kappa shape index (κ3) is 6.72. The molecule has 1 aromatic heterocycles. The molecule has 10 heteroatoms. The number of rotatable bonds is 9. The van der Waals surface area contributed by atoms with Crippen molar-refractivity contribution in [3.63, 3.8) is 0 Å². The molecule has 2 aromatic carbocycles. The lowest BCUT2D eigenvalue weighted by Gasteiger charge is -2.09. The molecule has 0 bridgehead atoms. The van der Waals surface area contributed by atoms with Crippen LogP contribution in [0.25, 0.3) is 0 Å². The largest absolute Gasteiger partial charge is 0.464 e. The maximum atomic E-state index is 12.5. The molecule has 0 spiro atoms. The standard InChI is InChI=1S/C24H23N3O6S/c1-33-24(30)21-12-9-19(16-26-21)23(29)27-34(31,32)20-10-7-17(8-11-20)13-14-25-22(28)15-18-5-3-2-4-6-18/h2-12,16H,13-15H2,1H3,(H,25,28)(H,27,29). The molecule has 0 saturated carbocycles. The van der Waals surface area contributed by atoms with Gasteiger partial charge in [-0.3, -0.25) is 9.59 Å². The number of hydrogen-bond donors (Lipinski definition) is 2. The number of amides is 2. The van der Waals surface area contributed by atoms with Crippen molar-refractivity contribution >= 4 is 27.8 Å². The van der Waals surface area contributed by atoms with Crippen molar-refractivity contribution in [3.8, 4) is 0 Å². The fourth-order valence-electron chi connectivity index (χ4n) is 3.02. The maximum absolute atomic E-state index is 12.5. The second-order valence-corrected chi connectivity index (χ2v) is 8.95. The third-order valence-electron chi connectivity index (χ3n) is 4.82. The Morgan fingerprint density at radius 1 is 0.912 bits per heavy atom. The number of nitrogens with zero attached hydrogens (tertiary/aromatic N) is 1. The lowest BCUT2D eigenvalue weighted by Crippen LogP contribution is -2.30. The average Bonchev–Trinajstić information content (AvgIpc) is 2.84. The zero-order valence-electron chi connectivity index (χ0n) is 18.4. The van der Waals surface area contributed by atoms with Crippen molar-refractivity contribution in [2.24, 2.45) is 0 Å². The van der Waals surface area contributed by atoms with Crippen LogP contribution >= 0.6 is 0 Å². The zero-order valence-corrected chi connectivity index (χ0v) is 19.2. The number of carbonyl (C=O) groups excluding carboxylic acids is 3. The summed E-state index contributed by atoms with van der Waals surface area (Å²) in [5.74, 6) is -1.65. The fraction of sp³-hybridized carbons (Fsp3) is 0.167. The van der Waals surface area contributed by atoms with E-state index in [1.807, 2.05) is 35.1 Å². The van der Waals surface area contributed by atoms with Gasteiger partial charge < -0.3 is 10.1 Å². The minimum Gasteiger partial charge on any atom is -0.464 e. The van der Waals surface area contributed by atoms with Crippen molar-refractivity contribution in [3.05, 3.63) is 95.3 Å². The molecule has 3 rings (SSSR count). The molecule has 3 aromatic rings. The highest BCUT2D eigenvalue weighted by molar-refractivity contribution is 7.90. The summed E-state index contributed by atoms with van der Waals surface area (Å²) in [5, 5.41) is 2.83. The lowest BCUT2D eigenvalue weighted by atomic mass is 10.1. The van der Waals surface area contributed by atoms with E-state index in [1.165, 1.54) is 31.4 Å². The quantitative estimate of drug-likeness (QED) is 0.446. The monoisotopic (exact) mass is 481 g/mol. The molecule has 34 heavy (non-hydrogen) atoms. The molecule has 9 nitrogen and oxygen atoms in total. The van der Waals surface area contributed by atoms with Crippen LogP contribution in [-0.2, 0) is 32.4 Å². The average molecular weight is 482 g/mol. The van der Waals surface area contributed by atoms with E-state index < -0.39 is 21.9 Å². The van der Waals surface area contributed by atoms with Crippen molar-refractivity contribution < 1.29 is 27.5 Å². The number of pyridine rings is 1. The molecule has 0 saturated heterocycles. The van der Waals surface area contributed by atoms with Crippen LogP contribution in [-0.4, -0.2) is 44.8 Å². The summed E-state index contributed by atoms with van der Waals surface area (Å²) in [7, 11) is -2.91. The summed E-state index contributed by atoms with van der Waals surface area (Å²) in [6.45, 7) is 0.406. The van der Waals surface area contributed by atoms with Gasteiger partial charge in [-0.1, -0.05) is 42.5 Å². The first kappa shape index (κ1) is 24.6. The van der Waals surface area contributed by atoms with Crippen LogP contribution < -0.4 is 10.0 Å². The van der Waals surface area contributed by atoms with Crippen LogP contribution in [0.15, 0.2) is 77.8 Å². The number of carbonyl (C=O) groups is 3. The Labute approximate surface area is 197 Å². The Bertz CT molecular complexity index is 1260. The second-order valence-electron chi connectivity index (χ2n) is 7.26. The van der Waals surface area contributed by atoms with Gasteiger partial charge in [0.05, 0.1) is 24.0 Å². The Morgan fingerprint density at radius 3 is 2.24 bits per heavy atom. The van der Waals surface area contributed by atoms with E-state index in [0.29, 0.717) is 19.4 Å². The van der Waals surface area contributed by atoms with Crippen molar-refractivity contribution in [2.75, 3.05) is 13.7 Å². The molecule has 0 aliphatic carbocycles. The van der Waals surface area contributed by atoms with Gasteiger partial charge in [0, 0.05) is 12.7 Å². The number of benzene rings is 2. The number of methoxy groups -OCH3 is 1. The van der Waals surface area contributed by atoms with Gasteiger partial charge in [-0.25, -0.2) is 22.9 Å². The maximum Gasteiger partial charge on any atom is 0.356 e. The van der Waals surface area contributed by atoms with Gasteiger partial charge in [0.25, 0.3) is 15.9 Å². The summed E-state index contributed by atoms with van der Waals surface area (Å²) in [6.07, 6.45) is 1.90. The number of nitrogens with one attached hydrogen (secondary N) is 2. The van der Waals surface area contributed by atoms with Crippen molar-refractivity contribution in [1.82, 2.24) is 15.0 Å². The predicted molar refractivity (Wildman–Crippen MR) is 124 cm³/mol. The molecule has 2 amide bonds. The van der Waals surface area contributed by atoms with E-state index in [1.54, 1.807) is 12.1 Å². The van der Waals surface area contributed by atoms with Crippen molar-refractivity contribution in [1.29, 1.82) is 0 Å². The highest BCUT2D eigenvalue weighted by Gasteiger charge is 2.19. The van der Waals surface area contributed by atoms with Crippen LogP contribution in [0.5, 0.6) is 0 Å². The number of hydrogen-bond acceptors (Lipinski definition) is 7. The van der Waals surface area contributed by atoms with Crippen LogP contribution in [0.1, 0.15) is 32.0 Å². The number of aromatic nitrogens is 1. The molecular weight excluding hydrogens is 458 g/mol. The van der Waals surface area contributed by atoms with E-state index in [9.17, 15) is 22.8 Å². The Morgan fingerprint density at radius 2 is 1.62 bits per heavy atom. The molecule has 176 valence electrons. The Kier molecular flexibility index (Phi) is 8.10. The Hall–Kier alpha value is -4.05. The van der Waals surface area contributed by atoms with E-state index in [0.717, 1.165) is 17.3 Å². The van der Waals surface area contributed by atoms with Crippen LogP contribution in [0.3, 0.4) is 0 Å². The first-order valence-corrected chi connectivity index (χ1v) is 11.8. The fourth-order valence-corrected chi connectivity index (χ4v) is 3.99. The number of esters is 1. The van der Waals surface area contributed by atoms with Crippen LogP contribution in [0, 0.1) is 0 Å². The molecule has 0 aliphatic heterocycles. The van der Waals surface area contributed by atoms with Gasteiger partial charge in [-0.2, -0.15) is 0 Å². The van der Waals surface area contributed by atoms with E-state index >= 15 is 0 Å². The summed E-state index contributed by atoms with van der Waals surface area (Å²) in [5.41, 5.74) is 1.72. The molecule has 2 N–H and O–H groups in total. The minimum atomic E-state index is -4.11. The predicted octanol–water partition coefficient (Wildman–Crippen LogP) is 1.89. The topological polar surface area (TPSA) is 132 Å². The van der Waals surface area contributed by atoms with E-state index in [4.69, 9.17) is 0 Å². The Balaban J connectivity index is 1.53. The van der Waals surface area contributed by atoms with Gasteiger partial charge in [-0.15, -0.1) is 0 Å². The number of ether oxygens (including phenoxy) is 1. The van der Waals surface area contributed by atoms with Gasteiger partial charge in [0.15, 0.2) is 0 Å². The smallest absolute Gasteiger partial charge is 0.356 e. The normalized spacial score (nSPS) is 10.9. The molecule has 0 atom stereocenters. The van der Waals surface area contributed by atoms with Gasteiger partial charge in [0.1, 0.15) is 5.69 Å². The zero-order chi connectivity index (χ0) is 24.6. The van der Waals surface area contributed by atoms with E-state index in [-0.39, 0.29) is 22.1 Å². The lowest BCUT2D eigenvalue weighted by molar-refractivity contribution is -0.120. The van der Waals surface area contributed by atoms with Crippen LogP contribution in [0.2, 0.25) is 0 Å². The second kappa shape index (κ2) is 11.2.